The van der Waals surface area contributed by atoms with Crippen molar-refractivity contribution in [2.75, 3.05) is 26.8 Å². The van der Waals surface area contributed by atoms with Crippen molar-refractivity contribution in [3.63, 3.8) is 0 Å². The molecule has 0 aliphatic carbocycles. The second kappa shape index (κ2) is 9.99. The normalized spacial score (nSPS) is 17.1. The van der Waals surface area contributed by atoms with Crippen LogP contribution < -0.4 is 9.47 Å². The van der Waals surface area contributed by atoms with Gasteiger partial charge in [0.1, 0.15) is 11.5 Å². The van der Waals surface area contributed by atoms with Gasteiger partial charge in [-0.05, 0) is 54.8 Å². The molecule has 162 valence electrons. The number of rotatable bonds is 8. The van der Waals surface area contributed by atoms with Crippen LogP contribution >= 0.6 is 0 Å². The summed E-state index contributed by atoms with van der Waals surface area (Å²) in [6.07, 6.45) is 0.234. The first-order chi connectivity index (χ1) is 15.2. The van der Waals surface area contributed by atoms with E-state index in [1.54, 1.807) is 7.11 Å². The number of methoxy groups -OCH3 is 1. The van der Waals surface area contributed by atoms with Gasteiger partial charge < -0.3 is 9.47 Å². The van der Waals surface area contributed by atoms with Gasteiger partial charge in [-0.3, -0.25) is 9.80 Å². The Hall–Kier alpha value is -2.82. The molecule has 0 aromatic heterocycles. The minimum atomic E-state index is 0.234. The zero-order valence-electron chi connectivity index (χ0n) is 18.8. The third-order valence-corrected chi connectivity index (χ3v) is 5.87. The van der Waals surface area contributed by atoms with Crippen LogP contribution in [0.1, 0.15) is 35.3 Å². The molecule has 4 rings (SSSR count). The van der Waals surface area contributed by atoms with Crippen LogP contribution in [0.4, 0.5) is 0 Å². The number of hydrogen-bond donors (Lipinski definition) is 0. The smallest absolute Gasteiger partial charge is 0.119 e. The van der Waals surface area contributed by atoms with E-state index in [-0.39, 0.29) is 6.17 Å². The van der Waals surface area contributed by atoms with Crippen molar-refractivity contribution in [2.24, 2.45) is 0 Å². The maximum Gasteiger partial charge on any atom is 0.119 e. The molecule has 4 heteroatoms. The van der Waals surface area contributed by atoms with Crippen LogP contribution in [0.5, 0.6) is 11.5 Å². The fraction of sp³-hybridized carbons (Fsp3) is 0.333. The van der Waals surface area contributed by atoms with Crippen LogP contribution in [0.2, 0.25) is 0 Å². The lowest BCUT2D eigenvalue weighted by atomic mass is 10.1. The summed E-state index contributed by atoms with van der Waals surface area (Å²) in [6.45, 7) is 8.80. The molecule has 1 heterocycles. The lowest BCUT2D eigenvalue weighted by Crippen LogP contribution is -2.30. The molecule has 0 N–H and O–H groups in total. The highest BCUT2D eigenvalue weighted by atomic mass is 16.5. The van der Waals surface area contributed by atoms with Gasteiger partial charge in [0.05, 0.1) is 19.9 Å². The average Bonchev–Trinajstić information content (AvgIpc) is 3.17. The molecule has 1 saturated heterocycles. The molecular formula is C27H32N2O2. The fourth-order valence-electron chi connectivity index (χ4n) is 4.40. The highest BCUT2D eigenvalue weighted by molar-refractivity contribution is 5.31. The Morgan fingerprint density at radius 2 is 1.45 bits per heavy atom. The predicted molar refractivity (Wildman–Crippen MR) is 125 cm³/mol. The van der Waals surface area contributed by atoms with E-state index in [4.69, 9.17) is 9.47 Å². The van der Waals surface area contributed by atoms with Crippen LogP contribution in [0.25, 0.3) is 0 Å². The van der Waals surface area contributed by atoms with Crippen molar-refractivity contribution < 1.29 is 9.47 Å². The highest BCUT2D eigenvalue weighted by Crippen LogP contribution is 2.34. The summed E-state index contributed by atoms with van der Waals surface area (Å²) in [4.78, 5) is 5.14. The van der Waals surface area contributed by atoms with E-state index in [1.165, 1.54) is 22.3 Å². The van der Waals surface area contributed by atoms with Crippen molar-refractivity contribution in [1.82, 2.24) is 9.80 Å². The SMILES string of the molecule is CCOc1ccc(CN2CCN(Cc3cccc(C)c3)C2c2ccc(OC)cc2)cc1. The van der Waals surface area contributed by atoms with Crippen molar-refractivity contribution in [3.8, 4) is 11.5 Å². The second-order valence-electron chi connectivity index (χ2n) is 8.15. The lowest BCUT2D eigenvalue weighted by Gasteiger charge is -2.31. The van der Waals surface area contributed by atoms with E-state index < -0.39 is 0 Å². The Morgan fingerprint density at radius 3 is 2.06 bits per heavy atom. The van der Waals surface area contributed by atoms with Crippen molar-refractivity contribution >= 4 is 0 Å². The fourth-order valence-corrected chi connectivity index (χ4v) is 4.40. The summed E-state index contributed by atoms with van der Waals surface area (Å²) in [7, 11) is 1.72. The zero-order valence-corrected chi connectivity index (χ0v) is 18.8. The van der Waals surface area contributed by atoms with Crippen LogP contribution in [-0.2, 0) is 13.1 Å². The van der Waals surface area contributed by atoms with Gasteiger partial charge in [-0.15, -0.1) is 0 Å². The van der Waals surface area contributed by atoms with E-state index in [1.807, 2.05) is 6.92 Å². The third-order valence-electron chi connectivity index (χ3n) is 5.87. The quantitative estimate of drug-likeness (QED) is 0.490. The first-order valence-electron chi connectivity index (χ1n) is 11.1. The molecule has 0 saturated carbocycles. The minimum absolute atomic E-state index is 0.234. The summed E-state index contributed by atoms with van der Waals surface area (Å²) < 4.78 is 11.0. The van der Waals surface area contributed by atoms with Gasteiger partial charge in [0.2, 0.25) is 0 Å². The molecule has 31 heavy (non-hydrogen) atoms. The molecular weight excluding hydrogens is 384 g/mol. The van der Waals surface area contributed by atoms with Crippen LogP contribution in [0.3, 0.4) is 0 Å². The van der Waals surface area contributed by atoms with Gasteiger partial charge >= 0.3 is 0 Å². The van der Waals surface area contributed by atoms with Gasteiger partial charge in [-0.1, -0.05) is 54.1 Å². The summed E-state index contributed by atoms with van der Waals surface area (Å²) in [5.41, 5.74) is 5.28. The van der Waals surface area contributed by atoms with Crippen LogP contribution in [0, 0.1) is 6.92 Å². The largest absolute Gasteiger partial charge is 0.497 e. The van der Waals surface area contributed by atoms with Gasteiger partial charge in [0, 0.05) is 26.2 Å². The molecule has 3 aromatic carbocycles. The summed E-state index contributed by atoms with van der Waals surface area (Å²) in [5, 5.41) is 0. The Kier molecular flexibility index (Phi) is 6.90. The van der Waals surface area contributed by atoms with E-state index in [9.17, 15) is 0 Å². The number of hydrogen-bond acceptors (Lipinski definition) is 4. The van der Waals surface area contributed by atoms with Crippen LogP contribution in [-0.4, -0.2) is 36.6 Å². The third kappa shape index (κ3) is 5.27. The first-order valence-corrected chi connectivity index (χ1v) is 11.1. The monoisotopic (exact) mass is 416 g/mol. The molecule has 1 fully saturated rings. The molecule has 1 aliphatic rings. The topological polar surface area (TPSA) is 24.9 Å². The zero-order chi connectivity index (χ0) is 21.6. The maximum absolute atomic E-state index is 5.60. The molecule has 0 spiro atoms. The highest BCUT2D eigenvalue weighted by Gasteiger charge is 2.33. The van der Waals surface area contributed by atoms with Gasteiger partial charge in [0.25, 0.3) is 0 Å². The molecule has 0 bridgehead atoms. The molecule has 0 radical (unpaired) electrons. The Balaban J connectivity index is 1.57. The molecule has 1 aliphatic heterocycles. The standard InChI is InChI=1S/C27H32N2O2/c1-4-31-26-12-8-22(9-13-26)19-28-16-17-29(20-23-7-5-6-21(2)18-23)27(28)24-10-14-25(30-3)15-11-24/h5-15,18,27H,4,16-17,19-20H2,1-3H3. The Bertz CT molecular complexity index is 969. The predicted octanol–water partition coefficient (Wildman–Crippen LogP) is 5.42. The van der Waals surface area contributed by atoms with Crippen molar-refractivity contribution in [2.45, 2.75) is 33.1 Å². The summed E-state index contributed by atoms with van der Waals surface area (Å²) in [5.74, 6) is 1.82. The van der Waals surface area contributed by atoms with Gasteiger partial charge in [-0.2, -0.15) is 0 Å². The first kappa shape index (κ1) is 21.4. The van der Waals surface area contributed by atoms with Crippen molar-refractivity contribution in [1.29, 1.82) is 0 Å². The van der Waals surface area contributed by atoms with Gasteiger partial charge in [0.15, 0.2) is 0 Å². The van der Waals surface area contributed by atoms with E-state index in [0.29, 0.717) is 6.61 Å². The molecule has 3 aromatic rings. The second-order valence-corrected chi connectivity index (χ2v) is 8.15. The average molecular weight is 417 g/mol. The van der Waals surface area contributed by atoms with Crippen LogP contribution in [0.15, 0.2) is 72.8 Å². The summed E-state index contributed by atoms with van der Waals surface area (Å²) >= 11 is 0. The molecule has 4 nitrogen and oxygen atoms in total. The van der Waals surface area contributed by atoms with Crippen molar-refractivity contribution in [3.05, 3.63) is 95.1 Å². The number of nitrogens with zero attached hydrogens (tertiary/aromatic N) is 2. The van der Waals surface area contributed by atoms with E-state index in [2.05, 4.69) is 89.5 Å². The lowest BCUT2D eigenvalue weighted by molar-refractivity contribution is 0.125. The van der Waals surface area contributed by atoms with E-state index in [0.717, 1.165) is 37.7 Å². The minimum Gasteiger partial charge on any atom is -0.497 e. The maximum atomic E-state index is 5.60. The summed E-state index contributed by atoms with van der Waals surface area (Å²) in [6, 6.07) is 25.9. The molecule has 1 unspecified atom stereocenters. The number of ether oxygens (including phenoxy) is 2. The number of benzene rings is 3. The number of aryl methyl sites for hydroxylation is 1. The van der Waals surface area contributed by atoms with E-state index >= 15 is 0 Å². The Labute approximate surface area is 186 Å². The van der Waals surface area contributed by atoms with Gasteiger partial charge in [-0.25, -0.2) is 0 Å². The molecule has 1 atom stereocenters. The Morgan fingerprint density at radius 1 is 0.806 bits per heavy atom. The molecule has 0 amide bonds.